The van der Waals surface area contributed by atoms with Gasteiger partial charge in [-0.1, -0.05) is 36.4 Å². The molecule has 0 saturated carbocycles. The number of nitrogens with zero attached hydrogens (tertiary/aromatic N) is 1. The molecule has 0 spiro atoms. The zero-order valence-electron chi connectivity index (χ0n) is 9.15. The van der Waals surface area contributed by atoms with Crippen LogP contribution < -0.4 is 0 Å². The number of aryl methyl sites for hydroxylation is 1. The van der Waals surface area contributed by atoms with Crippen LogP contribution in [-0.2, 0) is 6.42 Å². The molecule has 0 amide bonds. The van der Waals surface area contributed by atoms with Crippen LogP contribution in [-0.4, -0.2) is 24.5 Å². The molecule has 1 heterocycles. The van der Waals surface area contributed by atoms with Gasteiger partial charge in [-0.05, 0) is 37.4 Å². The summed E-state index contributed by atoms with van der Waals surface area (Å²) < 4.78 is 0. The summed E-state index contributed by atoms with van der Waals surface area (Å²) in [7, 11) is 0. The van der Waals surface area contributed by atoms with Crippen LogP contribution in [0.3, 0.4) is 0 Å². The van der Waals surface area contributed by atoms with Crippen molar-refractivity contribution in [3.05, 3.63) is 48.0 Å². The van der Waals surface area contributed by atoms with E-state index in [1.165, 1.54) is 37.9 Å². The molecule has 1 aliphatic heterocycles. The molecule has 1 aliphatic rings. The first kappa shape index (κ1) is 10.4. The monoisotopic (exact) mass is 200 g/mol. The third-order valence-corrected chi connectivity index (χ3v) is 2.83. The van der Waals surface area contributed by atoms with Gasteiger partial charge in [0.2, 0.25) is 0 Å². The van der Waals surface area contributed by atoms with Crippen LogP contribution >= 0.6 is 0 Å². The maximum absolute atomic E-state index is 3.28. The van der Waals surface area contributed by atoms with Gasteiger partial charge in [0.05, 0.1) is 0 Å². The molecule has 0 saturated heterocycles. The highest BCUT2D eigenvalue weighted by atomic mass is 15.1. The third kappa shape index (κ3) is 3.52. The second-order valence-corrected chi connectivity index (χ2v) is 4.06. The van der Waals surface area contributed by atoms with Gasteiger partial charge < -0.3 is 0 Å². The summed E-state index contributed by atoms with van der Waals surface area (Å²) in [5.74, 6) is 0. The summed E-state index contributed by atoms with van der Waals surface area (Å²) in [6.07, 6.45) is 9.07. The zero-order valence-corrected chi connectivity index (χ0v) is 9.15. The van der Waals surface area contributed by atoms with Crippen molar-refractivity contribution in [1.29, 1.82) is 0 Å². The molecule has 0 aromatic heterocycles. The molecule has 1 radical (unpaired) electrons. The number of rotatable bonds is 4. The molecular formula is C14H18N. The molecule has 0 fully saturated rings. The fraction of sp³-hybridized carbons (Fsp3) is 0.429. The van der Waals surface area contributed by atoms with Gasteiger partial charge in [-0.3, -0.25) is 4.90 Å². The van der Waals surface area contributed by atoms with Gasteiger partial charge in [0.1, 0.15) is 0 Å². The number of hydrogen-bond donors (Lipinski definition) is 0. The van der Waals surface area contributed by atoms with Crippen molar-refractivity contribution in [3.63, 3.8) is 0 Å². The fourth-order valence-electron chi connectivity index (χ4n) is 1.96. The molecular weight excluding hydrogens is 182 g/mol. The maximum Gasteiger partial charge on any atom is 0.0233 e. The van der Waals surface area contributed by atoms with E-state index >= 15 is 0 Å². The molecule has 1 nitrogen and oxygen atoms in total. The Balaban J connectivity index is 1.68. The van der Waals surface area contributed by atoms with Crippen LogP contribution in [0.25, 0.3) is 0 Å². The summed E-state index contributed by atoms with van der Waals surface area (Å²) in [6, 6.07) is 10.7. The Labute approximate surface area is 92.4 Å². The van der Waals surface area contributed by atoms with Gasteiger partial charge in [-0.2, -0.15) is 0 Å². The smallest absolute Gasteiger partial charge is 0.0233 e. The van der Waals surface area contributed by atoms with Crippen molar-refractivity contribution < 1.29 is 0 Å². The first-order valence-electron chi connectivity index (χ1n) is 5.76. The highest BCUT2D eigenvalue weighted by molar-refractivity contribution is 5.14. The van der Waals surface area contributed by atoms with E-state index in [1.807, 2.05) is 0 Å². The van der Waals surface area contributed by atoms with Crippen LogP contribution in [0.1, 0.15) is 18.4 Å². The topological polar surface area (TPSA) is 3.24 Å². The van der Waals surface area contributed by atoms with Gasteiger partial charge in [0, 0.05) is 13.1 Å². The SMILES string of the molecule is [C]1=CCCN(CCCc2ccccc2)C1. The molecule has 0 atom stereocenters. The summed E-state index contributed by atoms with van der Waals surface area (Å²) in [5.41, 5.74) is 1.45. The molecule has 0 N–H and O–H groups in total. The molecule has 1 heteroatoms. The van der Waals surface area contributed by atoms with Gasteiger partial charge in [0.15, 0.2) is 0 Å². The second-order valence-electron chi connectivity index (χ2n) is 4.06. The van der Waals surface area contributed by atoms with Crippen molar-refractivity contribution in [2.45, 2.75) is 19.3 Å². The first-order chi connectivity index (χ1) is 7.45. The fourth-order valence-corrected chi connectivity index (χ4v) is 1.96. The Kier molecular flexibility index (Phi) is 3.98. The summed E-state index contributed by atoms with van der Waals surface area (Å²) in [4.78, 5) is 2.48. The Bertz CT molecular complexity index is 302. The number of benzene rings is 1. The lowest BCUT2D eigenvalue weighted by molar-refractivity contribution is 0.290. The van der Waals surface area contributed by atoms with Gasteiger partial charge in [0.25, 0.3) is 0 Å². The third-order valence-electron chi connectivity index (χ3n) is 2.83. The van der Waals surface area contributed by atoms with E-state index in [1.54, 1.807) is 0 Å². The van der Waals surface area contributed by atoms with E-state index in [0.29, 0.717) is 0 Å². The van der Waals surface area contributed by atoms with E-state index < -0.39 is 0 Å². The molecule has 1 aromatic rings. The van der Waals surface area contributed by atoms with Crippen LogP contribution in [0.4, 0.5) is 0 Å². The largest absolute Gasteiger partial charge is 0.299 e. The minimum atomic E-state index is 1.02. The Morgan fingerprint density at radius 3 is 2.80 bits per heavy atom. The molecule has 0 aliphatic carbocycles. The van der Waals surface area contributed by atoms with E-state index in [9.17, 15) is 0 Å². The van der Waals surface area contributed by atoms with Crippen LogP contribution in [0.5, 0.6) is 0 Å². The lowest BCUT2D eigenvalue weighted by atomic mass is 10.1. The summed E-state index contributed by atoms with van der Waals surface area (Å²) in [6.45, 7) is 3.44. The van der Waals surface area contributed by atoms with Gasteiger partial charge >= 0.3 is 0 Å². The van der Waals surface area contributed by atoms with Crippen molar-refractivity contribution in [2.24, 2.45) is 0 Å². The summed E-state index contributed by atoms with van der Waals surface area (Å²) in [5, 5.41) is 0. The quantitative estimate of drug-likeness (QED) is 0.722. The predicted octanol–water partition coefficient (Wildman–Crippen LogP) is 2.68. The maximum atomic E-state index is 3.28. The van der Waals surface area contributed by atoms with Crippen molar-refractivity contribution in [1.82, 2.24) is 4.90 Å². The first-order valence-corrected chi connectivity index (χ1v) is 5.76. The molecule has 1 aromatic carbocycles. The van der Waals surface area contributed by atoms with Crippen molar-refractivity contribution in [2.75, 3.05) is 19.6 Å². The highest BCUT2D eigenvalue weighted by Gasteiger charge is 2.05. The lowest BCUT2D eigenvalue weighted by Gasteiger charge is -2.22. The van der Waals surface area contributed by atoms with E-state index in [-0.39, 0.29) is 0 Å². The highest BCUT2D eigenvalue weighted by Crippen LogP contribution is 2.05. The van der Waals surface area contributed by atoms with Gasteiger partial charge in [-0.25, -0.2) is 0 Å². The van der Waals surface area contributed by atoms with Crippen LogP contribution in [0, 0.1) is 6.08 Å². The zero-order chi connectivity index (χ0) is 10.3. The van der Waals surface area contributed by atoms with E-state index in [2.05, 4.69) is 47.4 Å². The Hall–Kier alpha value is -1.08. The average Bonchev–Trinajstić information content (AvgIpc) is 2.32. The molecule has 0 unspecified atom stereocenters. The Morgan fingerprint density at radius 2 is 2.07 bits per heavy atom. The lowest BCUT2D eigenvalue weighted by Crippen LogP contribution is -2.28. The van der Waals surface area contributed by atoms with E-state index in [0.717, 1.165) is 6.54 Å². The average molecular weight is 200 g/mol. The molecule has 2 rings (SSSR count). The van der Waals surface area contributed by atoms with Gasteiger partial charge in [-0.15, -0.1) is 0 Å². The normalized spacial score (nSPS) is 16.8. The number of hydrogen-bond acceptors (Lipinski definition) is 1. The standard InChI is InChI=1S/C14H18N/c1-3-8-14(9-4-1)10-7-13-15-11-5-2-6-12-15/h1-4,8-9H,5,7,10-13H2. The summed E-state index contributed by atoms with van der Waals surface area (Å²) >= 11 is 0. The molecule has 15 heavy (non-hydrogen) atoms. The second kappa shape index (κ2) is 5.72. The van der Waals surface area contributed by atoms with E-state index in [4.69, 9.17) is 0 Å². The molecule has 0 bridgehead atoms. The Morgan fingerprint density at radius 1 is 1.20 bits per heavy atom. The minimum Gasteiger partial charge on any atom is -0.299 e. The van der Waals surface area contributed by atoms with Crippen LogP contribution in [0.2, 0.25) is 0 Å². The molecule has 79 valence electrons. The van der Waals surface area contributed by atoms with Crippen molar-refractivity contribution >= 4 is 0 Å². The minimum absolute atomic E-state index is 1.02. The predicted molar refractivity (Wildman–Crippen MR) is 63.6 cm³/mol. The van der Waals surface area contributed by atoms with Crippen LogP contribution in [0.15, 0.2) is 36.4 Å². The van der Waals surface area contributed by atoms with Crippen molar-refractivity contribution in [3.8, 4) is 0 Å².